The molecule has 1 aliphatic rings. The van der Waals surface area contributed by atoms with Gasteiger partial charge in [0.2, 0.25) is 4.96 Å². The van der Waals surface area contributed by atoms with E-state index in [0.717, 1.165) is 54.7 Å². The monoisotopic (exact) mass is 295 g/mol. The average molecular weight is 295 g/mol. The molecule has 1 aliphatic heterocycles. The first-order chi connectivity index (χ1) is 9.68. The van der Waals surface area contributed by atoms with Gasteiger partial charge in [0.25, 0.3) is 0 Å². The first kappa shape index (κ1) is 13.9. The molecule has 0 saturated carbocycles. The Morgan fingerprint density at radius 3 is 2.65 bits per heavy atom. The molecule has 7 heteroatoms. The molecule has 1 saturated heterocycles. The summed E-state index contributed by atoms with van der Waals surface area (Å²) in [5, 5.41) is 14.3. The standard InChI is InChI=1S/C13H21N5OS/c1-3-13(14,4-2)11-17-18-10(15-16-12(18)20-11)9-5-7-19-8-6-9/h9H,3-8,14H2,1-2H3. The summed E-state index contributed by atoms with van der Waals surface area (Å²) in [5.74, 6) is 1.35. The molecule has 0 radical (unpaired) electrons. The molecule has 1 fully saturated rings. The lowest BCUT2D eigenvalue weighted by Crippen LogP contribution is -2.35. The Hall–Kier alpha value is -1.05. The Balaban J connectivity index is 1.98. The molecule has 0 spiro atoms. The molecule has 0 atom stereocenters. The number of ether oxygens (including phenoxy) is 1. The largest absolute Gasteiger partial charge is 0.381 e. The third-order valence-corrected chi connectivity index (χ3v) is 5.41. The Morgan fingerprint density at radius 2 is 2.00 bits per heavy atom. The van der Waals surface area contributed by atoms with Gasteiger partial charge in [-0.25, -0.2) is 0 Å². The van der Waals surface area contributed by atoms with Crippen molar-refractivity contribution in [2.45, 2.75) is 51.0 Å². The van der Waals surface area contributed by atoms with Gasteiger partial charge in [-0.15, -0.1) is 10.2 Å². The van der Waals surface area contributed by atoms with E-state index in [1.54, 1.807) is 11.3 Å². The Kier molecular flexibility index (Phi) is 3.74. The minimum atomic E-state index is -0.349. The Bertz CT molecular complexity index is 583. The second-order valence-electron chi connectivity index (χ2n) is 5.41. The number of rotatable bonds is 4. The van der Waals surface area contributed by atoms with Crippen molar-refractivity contribution in [2.75, 3.05) is 13.2 Å². The molecule has 0 bridgehead atoms. The topological polar surface area (TPSA) is 78.3 Å². The second-order valence-corrected chi connectivity index (χ2v) is 6.37. The number of hydrogen-bond acceptors (Lipinski definition) is 6. The van der Waals surface area contributed by atoms with Crippen LogP contribution in [0.4, 0.5) is 0 Å². The van der Waals surface area contributed by atoms with Gasteiger partial charge in [0.1, 0.15) is 5.01 Å². The fraction of sp³-hybridized carbons (Fsp3) is 0.769. The molecule has 0 amide bonds. The van der Waals surface area contributed by atoms with Crippen LogP contribution >= 0.6 is 11.3 Å². The lowest BCUT2D eigenvalue weighted by Gasteiger charge is -2.23. The molecule has 2 aromatic rings. The van der Waals surface area contributed by atoms with Crippen LogP contribution < -0.4 is 5.73 Å². The molecule has 20 heavy (non-hydrogen) atoms. The zero-order chi connectivity index (χ0) is 14.2. The zero-order valence-corrected chi connectivity index (χ0v) is 12.8. The zero-order valence-electron chi connectivity index (χ0n) is 12.0. The highest BCUT2D eigenvalue weighted by Gasteiger charge is 2.30. The van der Waals surface area contributed by atoms with Gasteiger partial charge in [0.15, 0.2) is 5.82 Å². The van der Waals surface area contributed by atoms with E-state index in [4.69, 9.17) is 15.6 Å². The van der Waals surface area contributed by atoms with E-state index in [1.807, 2.05) is 4.52 Å². The fourth-order valence-electron chi connectivity index (χ4n) is 2.60. The minimum Gasteiger partial charge on any atom is -0.381 e. The van der Waals surface area contributed by atoms with Crippen LogP contribution in [-0.4, -0.2) is 33.0 Å². The van der Waals surface area contributed by atoms with Crippen molar-refractivity contribution in [1.82, 2.24) is 19.8 Å². The van der Waals surface area contributed by atoms with Gasteiger partial charge in [0.05, 0.1) is 5.54 Å². The quantitative estimate of drug-likeness (QED) is 0.934. The van der Waals surface area contributed by atoms with Crippen LogP contribution in [0.1, 0.15) is 56.3 Å². The summed E-state index contributed by atoms with van der Waals surface area (Å²) in [4.78, 5) is 0.846. The molecule has 6 nitrogen and oxygen atoms in total. The third kappa shape index (κ3) is 2.23. The van der Waals surface area contributed by atoms with Crippen LogP contribution in [0.5, 0.6) is 0 Å². The van der Waals surface area contributed by atoms with Crippen molar-refractivity contribution in [3.63, 3.8) is 0 Å². The molecule has 0 aromatic carbocycles. The molecule has 0 aliphatic carbocycles. The molecule has 2 aromatic heterocycles. The van der Waals surface area contributed by atoms with Gasteiger partial charge in [-0.05, 0) is 25.7 Å². The van der Waals surface area contributed by atoms with Crippen molar-refractivity contribution in [3.05, 3.63) is 10.8 Å². The molecule has 110 valence electrons. The summed E-state index contributed by atoms with van der Waals surface area (Å²) in [6.07, 6.45) is 3.73. The molecule has 3 rings (SSSR count). The van der Waals surface area contributed by atoms with Gasteiger partial charge in [-0.3, -0.25) is 0 Å². The molecule has 3 heterocycles. The van der Waals surface area contributed by atoms with Gasteiger partial charge in [-0.2, -0.15) is 9.61 Å². The Morgan fingerprint density at radius 1 is 1.30 bits per heavy atom. The van der Waals surface area contributed by atoms with Gasteiger partial charge < -0.3 is 10.5 Å². The maximum absolute atomic E-state index is 6.44. The van der Waals surface area contributed by atoms with Crippen molar-refractivity contribution in [3.8, 4) is 0 Å². The number of hydrogen-bond donors (Lipinski definition) is 1. The van der Waals surface area contributed by atoms with Crippen molar-refractivity contribution >= 4 is 16.3 Å². The predicted molar refractivity (Wildman–Crippen MR) is 77.9 cm³/mol. The summed E-state index contributed by atoms with van der Waals surface area (Å²) in [6, 6.07) is 0. The van der Waals surface area contributed by atoms with E-state index in [9.17, 15) is 0 Å². The molecular weight excluding hydrogens is 274 g/mol. The van der Waals surface area contributed by atoms with Gasteiger partial charge in [-0.1, -0.05) is 25.2 Å². The normalized spacial score (nSPS) is 17.9. The van der Waals surface area contributed by atoms with E-state index in [0.29, 0.717) is 5.92 Å². The van der Waals surface area contributed by atoms with E-state index in [-0.39, 0.29) is 5.54 Å². The average Bonchev–Trinajstić information content (AvgIpc) is 3.07. The van der Waals surface area contributed by atoms with Crippen LogP contribution in [0.25, 0.3) is 4.96 Å². The van der Waals surface area contributed by atoms with E-state index in [2.05, 4.69) is 24.0 Å². The number of nitrogens with zero attached hydrogens (tertiary/aromatic N) is 4. The summed E-state index contributed by atoms with van der Waals surface area (Å²) in [5.41, 5.74) is 6.09. The number of aromatic nitrogens is 4. The van der Waals surface area contributed by atoms with Crippen molar-refractivity contribution in [1.29, 1.82) is 0 Å². The van der Waals surface area contributed by atoms with E-state index in [1.165, 1.54) is 0 Å². The molecule has 2 N–H and O–H groups in total. The Labute approximate surface area is 122 Å². The van der Waals surface area contributed by atoms with E-state index < -0.39 is 0 Å². The number of fused-ring (bicyclic) bond motifs is 1. The molecular formula is C13H21N5OS. The highest BCUT2D eigenvalue weighted by molar-refractivity contribution is 7.16. The number of nitrogens with two attached hydrogens (primary N) is 1. The summed E-state index contributed by atoms with van der Waals surface area (Å²) in [6.45, 7) is 5.79. The lowest BCUT2D eigenvalue weighted by atomic mass is 9.95. The van der Waals surface area contributed by atoms with Crippen LogP contribution in [0.3, 0.4) is 0 Å². The van der Waals surface area contributed by atoms with Crippen LogP contribution in [0.15, 0.2) is 0 Å². The van der Waals surface area contributed by atoms with Crippen LogP contribution in [-0.2, 0) is 10.3 Å². The lowest BCUT2D eigenvalue weighted by molar-refractivity contribution is 0.0831. The first-order valence-electron chi connectivity index (χ1n) is 7.27. The minimum absolute atomic E-state index is 0.349. The summed E-state index contributed by atoms with van der Waals surface area (Å²) in [7, 11) is 0. The van der Waals surface area contributed by atoms with Gasteiger partial charge in [0, 0.05) is 19.1 Å². The van der Waals surface area contributed by atoms with Crippen LogP contribution in [0, 0.1) is 0 Å². The van der Waals surface area contributed by atoms with Crippen LogP contribution in [0.2, 0.25) is 0 Å². The smallest absolute Gasteiger partial charge is 0.234 e. The van der Waals surface area contributed by atoms with Crippen molar-refractivity contribution in [2.24, 2.45) is 5.73 Å². The van der Waals surface area contributed by atoms with Crippen molar-refractivity contribution < 1.29 is 4.74 Å². The fourth-order valence-corrected chi connectivity index (χ4v) is 3.69. The highest BCUT2D eigenvalue weighted by Crippen LogP contribution is 2.32. The first-order valence-corrected chi connectivity index (χ1v) is 8.09. The third-order valence-electron chi connectivity index (χ3n) is 4.29. The van der Waals surface area contributed by atoms with E-state index >= 15 is 0 Å². The highest BCUT2D eigenvalue weighted by atomic mass is 32.1. The predicted octanol–water partition coefficient (Wildman–Crippen LogP) is 2.05. The maximum atomic E-state index is 6.44. The van der Waals surface area contributed by atoms with Gasteiger partial charge >= 0.3 is 0 Å². The SMILES string of the molecule is CCC(N)(CC)c1nn2c(C3CCOCC3)nnc2s1. The molecule has 0 unspecified atom stereocenters. The maximum Gasteiger partial charge on any atom is 0.234 e. The summed E-state index contributed by atoms with van der Waals surface area (Å²) < 4.78 is 7.30. The summed E-state index contributed by atoms with van der Waals surface area (Å²) >= 11 is 1.56. The second kappa shape index (κ2) is 5.38.